The van der Waals surface area contributed by atoms with Gasteiger partial charge in [-0.2, -0.15) is 0 Å². The highest BCUT2D eigenvalue weighted by molar-refractivity contribution is 5.00. The topological polar surface area (TPSA) is 125 Å². The monoisotopic (exact) mass is 310 g/mol. The quantitative estimate of drug-likeness (QED) is 0.491. The van der Waals surface area contributed by atoms with E-state index in [1.807, 2.05) is 0 Å². The highest BCUT2D eigenvalue weighted by Gasteiger charge is 2.55. The van der Waals surface area contributed by atoms with E-state index in [4.69, 9.17) is 5.11 Å². The van der Waals surface area contributed by atoms with Crippen LogP contribution in [0.15, 0.2) is 21.9 Å². The zero-order valence-corrected chi connectivity index (χ0v) is 11.3. The Morgan fingerprint density at radius 1 is 1.48 bits per heavy atom. The molecule has 0 aliphatic heterocycles. The number of aromatic nitrogens is 2. The van der Waals surface area contributed by atoms with E-state index >= 15 is 0 Å². The number of nitrogens with one attached hydrogen (secondary N) is 1. The van der Waals surface area contributed by atoms with Gasteiger partial charge in [-0.1, -0.05) is 0 Å². The van der Waals surface area contributed by atoms with Crippen LogP contribution in [0.4, 0.5) is 8.78 Å². The zero-order chi connectivity index (χ0) is 16.4. The maximum absolute atomic E-state index is 13.1. The second-order valence-electron chi connectivity index (χ2n) is 4.59. The summed E-state index contributed by atoms with van der Waals surface area (Å²) in [6, 6.07) is 0.860. The fraction of sp³-hybridized carbons (Fsp3) is 0.636. The molecule has 1 unspecified atom stereocenters. The normalized spacial score (nSPS) is 19.0. The number of methoxy groups -OCH3 is 1. The molecule has 0 saturated carbocycles. The van der Waals surface area contributed by atoms with Crippen LogP contribution in [-0.4, -0.2) is 56.7 Å². The standard InChI is InChI=1S/C11H16F2N2O6/c1-10(20,15-4-3-6(17)14-9(15)19)7(18)11(5-16,21-2)8(12)13/h3-4,7-8,16,18,20H,5H2,1-2H3,(H,14,17,19)/t7-,10+,11?/m0/s1. The van der Waals surface area contributed by atoms with Gasteiger partial charge in [0.2, 0.25) is 0 Å². The average molecular weight is 310 g/mol. The van der Waals surface area contributed by atoms with Crippen molar-refractivity contribution < 1.29 is 28.8 Å². The number of aliphatic hydroxyl groups excluding tert-OH is 2. The molecule has 0 aromatic carbocycles. The highest BCUT2D eigenvalue weighted by atomic mass is 19.3. The Morgan fingerprint density at radius 3 is 2.43 bits per heavy atom. The number of hydrogen-bond acceptors (Lipinski definition) is 6. The summed E-state index contributed by atoms with van der Waals surface area (Å²) in [7, 11) is 0.817. The van der Waals surface area contributed by atoms with Crippen molar-refractivity contribution >= 4 is 0 Å². The zero-order valence-electron chi connectivity index (χ0n) is 11.3. The maximum atomic E-state index is 13.1. The first-order chi connectivity index (χ1) is 9.63. The van der Waals surface area contributed by atoms with Crippen LogP contribution in [0.3, 0.4) is 0 Å². The molecule has 3 atom stereocenters. The largest absolute Gasteiger partial charge is 0.393 e. The van der Waals surface area contributed by atoms with Crippen molar-refractivity contribution in [2.45, 2.75) is 30.8 Å². The van der Waals surface area contributed by atoms with Gasteiger partial charge in [-0.05, 0) is 6.92 Å². The van der Waals surface area contributed by atoms with Gasteiger partial charge in [-0.15, -0.1) is 0 Å². The van der Waals surface area contributed by atoms with Gasteiger partial charge in [-0.3, -0.25) is 14.3 Å². The highest BCUT2D eigenvalue weighted by Crippen LogP contribution is 2.32. The predicted molar refractivity (Wildman–Crippen MR) is 66.0 cm³/mol. The average Bonchev–Trinajstić information content (AvgIpc) is 2.39. The van der Waals surface area contributed by atoms with Crippen LogP contribution in [0.5, 0.6) is 0 Å². The first kappa shape index (κ1) is 17.4. The summed E-state index contributed by atoms with van der Waals surface area (Å²) in [6.45, 7) is -0.445. The Kier molecular flexibility index (Phi) is 4.99. The summed E-state index contributed by atoms with van der Waals surface area (Å²) in [5, 5.41) is 29.4. The number of rotatable bonds is 6. The van der Waals surface area contributed by atoms with Crippen molar-refractivity contribution in [1.29, 1.82) is 0 Å². The molecule has 8 nitrogen and oxygen atoms in total. The van der Waals surface area contributed by atoms with Crippen LogP contribution in [0.2, 0.25) is 0 Å². The van der Waals surface area contributed by atoms with Crippen molar-refractivity contribution in [3.8, 4) is 0 Å². The second kappa shape index (κ2) is 6.02. The van der Waals surface area contributed by atoms with E-state index in [-0.39, 0.29) is 0 Å². The number of aromatic amines is 1. The third-order valence-electron chi connectivity index (χ3n) is 3.29. The molecule has 0 spiro atoms. The molecule has 0 amide bonds. The molecule has 10 heteroatoms. The lowest BCUT2D eigenvalue weighted by atomic mass is 9.89. The lowest BCUT2D eigenvalue weighted by Crippen LogP contribution is -2.64. The van der Waals surface area contributed by atoms with Crippen LogP contribution in [0.1, 0.15) is 6.92 Å². The number of halogens is 2. The van der Waals surface area contributed by atoms with Crippen molar-refractivity contribution in [1.82, 2.24) is 9.55 Å². The summed E-state index contributed by atoms with van der Waals surface area (Å²) >= 11 is 0. The van der Waals surface area contributed by atoms with Gasteiger partial charge in [0.15, 0.2) is 11.3 Å². The van der Waals surface area contributed by atoms with Gasteiger partial charge in [0.25, 0.3) is 12.0 Å². The molecular weight excluding hydrogens is 294 g/mol. The van der Waals surface area contributed by atoms with Gasteiger partial charge in [0.1, 0.15) is 6.10 Å². The number of ether oxygens (including phenoxy) is 1. The molecule has 0 radical (unpaired) electrons. The SMILES string of the molecule is COC(CO)(C(F)F)[C@@H](O)[C@@](C)(O)n1ccc(=O)[nH]c1=O. The van der Waals surface area contributed by atoms with Gasteiger partial charge >= 0.3 is 5.69 Å². The third kappa shape index (κ3) is 2.88. The Morgan fingerprint density at radius 2 is 2.05 bits per heavy atom. The summed E-state index contributed by atoms with van der Waals surface area (Å²) < 4.78 is 31.2. The Labute approximate surface area is 117 Å². The van der Waals surface area contributed by atoms with Crippen LogP contribution >= 0.6 is 0 Å². The molecule has 1 heterocycles. The molecule has 1 rings (SSSR count). The summed E-state index contributed by atoms with van der Waals surface area (Å²) in [6.07, 6.45) is -4.90. The van der Waals surface area contributed by atoms with Crippen LogP contribution < -0.4 is 11.2 Å². The molecule has 0 fully saturated rings. The Bertz CT molecular complexity index is 593. The van der Waals surface area contributed by atoms with E-state index in [1.54, 1.807) is 4.98 Å². The summed E-state index contributed by atoms with van der Waals surface area (Å²) in [5.74, 6) is 0. The number of nitrogens with zero attached hydrogens (tertiary/aromatic N) is 1. The van der Waals surface area contributed by atoms with E-state index < -0.39 is 41.7 Å². The van der Waals surface area contributed by atoms with E-state index in [2.05, 4.69) is 4.74 Å². The van der Waals surface area contributed by atoms with Crippen LogP contribution in [0, 0.1) is 0 Å². The minimum Gasteiger partial charge on any atom is -0.393 e. The van der Waals surface area contributed by atoms with Crippen molar-refractivity contribution in [3.05, 3.63) is 33.1 Å². The van der Waals surface area contributed by atoms with Crippen molar-refractivity contribution in [3.63, 3.8) is 0 Å². The lowest BCUT2D eigenvalue weighted by molar-refractivity contribution is -0.261. The third-order valence-corrected chi connectivity index (χ3v) is 3.29. The molecule has 21 heavy (non-hydrogen) atoms. The number of aliphatic hydroxyl groups is 3. The second-order valence-corrected chi connectivity index (χ2v) is 4.59. The van der Waals surface area contributed by atoms with E-state index in [0.29, 0.717) is 4.57 Å². The van der Waals surface area contributed by atoms with Gasteiger partial charge in [0, 0.05) is 19.4 Å². The van der Waals surface area contributed by atoms with Gasteiger partial charge in [0.05, 0.1) is 6.61 Å². The molecule has 0 aliphatic carbocycles. The summed E-state index contributed by atoms with van der Waals surface area (Å²) in [4.78, 5) is 24.4. The Balaban J connectivity index is 3.40. The first-order valence-electron chi connectivity index (χ1n) is 5.80. The fourth-order valence-corrected chi connectivity index (χ4v) is 1.91. The fourth-order valence-electron chi connectivity index (χ4n) is 1.91. The predicted octanol–water partition coefficient (Wildman–Crippen LogP) is -1.79. The molecule has 0 bridgehead atoms. The van der Waals surface area contributed by atoms with E-state index in [9.17, 15) is 28.6 Å². The van der Waals surface area contributed by atoms with Gasteiger partial charge in [-0.25, -0.2) is 13.6 Å². The summed E-state index contributed by atoms with van der Waals surface area (Å²) in [5.41, 5.74) is -7.27. The minimum absolute atomic E-state index is 0.449. The lowest BCUT2D eigenvalue weighted by Gasteiger charge is -2.41. The van der Waals surface area contributed by atoms with E-state index in [0.717, 1.165) is 26.3 Å². The maximum Gasteiger partial charge on any atom is 0.330 e. The molecule has 4 N–H and O–H groups in total. The number of H-pyrrole nitrogens is 1. The van der Waals surface area contributed by atoms with Gasteiger partial charge < -0.3 is 20.1 Å². The van der Waals surface area contributed by atoms with E-state index in [1.165, 1.54) is 0 Å². The number of hydrogen-bond donors (Lipinski definition) is 4. The smallest absolute Gasteiger partial charge is 0.330 e. The molecule has 1 aromatic heterocycles. The van der Waals surface area contributed by atoms with Crippen molar-refractivity contribution in [2.24, 2.45) is 0 Å². The number of alkyl halides is 2. The molecule has 1 aromatic rings. The molecular formula is C11H16F2N2O6. The Hall–Kier alpha value is -1.62. The minimum atomic E-state index is -3.35. The molecule has 0 saturated heterocycles. The van der Waals surface area contributed by atoms with Crippen LogP contribution in [-0.2, 0) is 10.5 Å². The van der Waals surface area contributed by atoms with Crippen molar-refractivity contribution in [2.75, 3.05) is 13.7 Å². The molecule has 120 valence electrons. The first-order valence-corrected chi connectivity index (χ1v) is 5.80. The van der Waals surface area contributed by atoms with Crippen LogP contribution in [0.25, 0.3) is 0 Å². The molecule has 0 aliphatic rings.